The summed E-state index contributed by atoms with van der Waals surface area (Å²) in [5.74, 6) is 0. The summed E-state index contributed by atoms with van der Waals surface area (Å²) in [4.78, 5) is 0. The molecule has 0 bridgehead atoms. The van der Waals surface area contributed by atoms with Gasteiger partial charge in [0, 0.05) is 22.1 Å². The van der Waals surface area contributed by atoms with Crippen molar-refractivity contribution >= 4 is 33.3 Å². The molecule has 6 rings (SSSR count). The van der Waals surface area contributed by atoms with Gasteiger partial charge >= 0.3 is 0 Å². The molecule has 2 nitrogen and oxygen atoms in total. The highest BCUT2D eigenvalue weighted by molar-refractivity contribution is 6.08. The first-order chi connectivity index (χ1) is 15.8. The summed E-state index contributed by atoms with van der Waals surface area (Å²) in [5, 5.41) is 5.75. The molecule has 0 amide bonds. The first kappa shape index (κ1) is 18.5. The van der Waals surface area contributed by atoms with E-state index in [1.165, 1.54) is 11.1 Å². The SMILES string of the molecule is c1ccc(Nc2ccc(-c3cc4oc5ccccc5c4cc3-c3ccccc3)cc2)cc1. The van der Waals surface area contributed by atoms with E-state index in [-0.39, 0.29) is 0 Å². The van der Waals surface area contributed by atoms with E-state index >= 15 is 0 Å². The lowest BCUT2D eigenvalue weighted by Crippen LogP contribution is -1.90. The van der Waals surface area contributed by atoms with Gasteiger partial charge in [-0.1, -0.05) is 78.9 Å². The molecular weight excluding hydrogens is 390 g/mol. The summed E-state index contributed by atoms with van der Waals surface area (Å²) in [7, 11) is 0. The molecule has 0 radical (unpaired) electrons. The Morgan fingerprint density at radius 1 is 0.438 bits per heavy atom. The van der Waals surface area contributed by atoms with Crippen LogP contribution in [0.4, 0.5) is 11.4 Å². The third-order valence-electron chi connectivity index (χ3n) is 5.86. The van der Waals surface area contributed by atoms with E-state index in [9.17, 15) is 0 Å². The summed E-state index contributed by atoms with van der Waals surface area (Å²) in [6, 6.07) is 42.0. The van der Waals surface area contributed by atoms with Gasteiger partial charge in [-0.2, -0.15) is 0 Å². The molecule has 5 aromatic carbocycles. The highest BCUT2D eigenvalue weighted by atomic mass is 16.3. The van der Waals surface area contributed by atoms with E-state index < -0.39 is 0 Å². The van der Waals surface area contributed by atoms with E-state index in [0.717, 1.165) is 44.4 Å². The highest BCUT2D eigenvalue weighted by Crippen LogP contribution is 2.39. The summed E-state index contributed by atoms with van der Waals surface area (Å²) >= 11 is 0. The molecule has 0 saturated carbocycles. The molecular formula is C30H21NO. The fraction of sp³-hybridized carbons (Fsp3) is 0. The minimum Gasteiger partial charge on any atom is -0.456 e. The Hall–Kier alpha value is -4.30. The fourth-order valence-corrected chi connectivity index (χ4v) is 4.29. The van der Waals surface area contributed by atoms with Gasteiger partial charge in [0.25, 0.3) is 0 Å². The predicted octanol–water partition coefficient (Wildman–Crippen LogP) is 8.66. The molecule has 0 spiro atoms. The normalized spacial score (nSPS) is 11.1. The standard InChI is InChI=1S/C30H21NO/c1-3-9-21(10-4-1)26-19-28-25-13-7-8-14-29(25)32-30(28)20-27(26)22-15-17-24(18-16-22)31-23-11-5-2-6-12-23/h1-20,31H. The van der Waals surface area contributed by atoms with E-state index in [2.05, 4.69) is 96.3 Å². The zero-order valence-corrected chi connectivity index (χ0v) is 17.5. The van der Waals surface area contributed by atoms with Gasteiger partial charge < -0.3 is 9.73 Å². The van der Waals surface area contributed by atoms with Crippen LogP contribution in [0.5, 0.6) is 0 Å². The van der Waals surface area contributed by atoms with Crippen LogP contribution in [0.15, 0.2) is 126 Å². The van der Waals surface area contributed by atoms with Crippen molar-refractivity contribution in [2.24, 2.45) is 0 Å². The number of anilines is 2. The van der Waals surface area contributed by atoms with Crippen LogP contribution in [0.1, 0.15) is 0 Å². The molecule has 0 aliphatic carbocycles. The van der Waals surface area contributed by atoms with Crippen molar-refractivity contribution < 1.29 is 4.42 Å². The van der Waals surface area contributed by atoms with Crippen molar-refractivity contribution in [2.45, 2.75) is 0 Å². The van der Waals surface area contributed by atoms with Crippen LogP contribution in [0, 0.1) is 0 Å². The second-order valence-corrected chi connectivity index (χ2v) is 7.93. The van der Waals surface area contributed by atoms with Gasteiger partial charge in [-0.25, -0.2) is 0 Å². The van der Waals surface area contributed by atoms with Crippen molar-refractivity contribution in [1.29, 1.82) is 0 Å². The van der Waals surface area contributed by atoms with Crippen molar-refractivity contribution in [2.75, 3.05) is 5.32 Å². The van der Waals surface area contributed by atoms with Crippen LogP contribution < -0.4 is 5.32 Å². The maximum atomic E-state index is 6.20. The third-order valence-corrected chi connectivity index (χ3v) is 5.86. The molecule has 0 atom stereocenters. The molecule has 6 aromatic rings. The van der Waals surface area contributed by atoms with Crippen molar-refractivity contribution in [3.63, 3.8) is 0 Å². The second kappa shape index (κ2) is 7.75. The molecule has 0 unspecified atom stereocenters. The zero-order chi connectivity index (χ0) is 21.3. The number of nitrogens with one attached hydrogen (secondary N) is 1. The number of furan rings is 1. The van der Waals surface area contributed by atoms with Crippen LogP contribution in [-0.2, 0) is 0 Å². The predicted molar refractivity (Wildman–Crippen MR) is 134 cm³/mol. The molecule has 1 heterocycles. The van der Waals surface area contributed by atoms with Gasteiger partial charge in [0.05, 0.1) is 0 Å². The van der Waals surface area contributed by atoms with Crippen LogP contribution >= 0.6 is 0 Å². The van der Waals surface area contributed by atoms with Gasteiger partial charge in [0.1, 0.15) is 11.2 Å². The smallest absolute Gasteiger partial charge is 0.136 e. The minimum absolute atomic E-state index is 0.910. The van der Waals surface area contributed by atoms with Gasteiger partial charge in [0.15, 0.2) is 0 Å². The van der Waals surface area contributed by atoms with Gasteiger partial charge in [0.2, 0.25) is 0 Å². The Labute approximate surface area is 186 Å². The first-order valence-electron chi connectivity index (χ1n) is 10.8. The number of rotatable bonds is 4. The summed E-state index contributed by atoms with van der Waals surface area (Å²) in [6.45, 7) is 0. The topological polar surface area (TPSA) is 25.2 Å². The number of fused-ring (bicyclic) bond motifs is 3. The van der Waals surface area contributed by atoms with E-state index in [4.69, 9.17) is 4.42 Å². The van der Waals surface area contributed by atoms with Gasteiger partial charge in [-0.3, -0.25) is 0 Å². The monoisotopic (exact) mass is 411 g/mol. The molecule has 0 fully saturated rings. The second-order valence-electron chi connectivity index (χ2n) is 7.93. The molecule has 0 saturated heterocycles. The maximum Gasteiger partial charge on any atom is 0.136 e. The summed E-state index contributed by atoms with van der Waals surface area (Å²) < 4.78 is 6.20. The lowest BCUT2D eigenvalue weighted by atomic mass is 9.92. The first-order valence-corrected chi connectivity index (χ1v) is 10.8. The average molecular weight is 412 g/mol. The Bertz CT molecular complexity index is 1510. The molecule has 2 heteroatoms. The summed E-state index contributed by atoms with van der Waals surface area (Å²) in [6.07, 6.45) is 0. The largest absolute Gasteiger partial charge is 0.456 e. The zero-order valence-electron chi connectivity index (χ0n) is 17.5. The minimum atomic E-state index is 0.910. The van der Waals surface area contributed by atoms with Crippen molar-refractivity contribution in [1.82, 2.24) is 0 Å². The Morgan fingerprint density at radius 3 is 1.81 bits per heavy atom. The lowest BCUT2D eigenvalue weighted by molar-refractivity contribution is 0.669. The fourth-order valence-electron chi connectivity index (χ4n) is 4.29. The van der Waals surface area contributed by atoms with E-state index in [1.54, 1.807) is 0 Å². The van der Waals surface area contributed by atoms with Gasteiger partial charge in [-0.05, 0) is 64.7 Å². The summed E-state index contributed by atoms with van der Waals surface area (Å²) in [5.41, 5.74) is 8.68. The lowest BCUT2D eigenvalue weighted by Gasteiger charge is -2.12. The number of hydrogen-bond donors (Lipinski definition) is 1. The Kier molecular flexibility index (Phi) is 4.47. The number of benzene rings is 5. The number of hydrogen-bond acceptors (Lipinski definition) is 2. The van der Waals surface area contributed by atoms with Crippen LogP contribution in [-0.4, -0.2) is 0 Å². The average Bonchev–Trinajstić information content (AvgIpc) is 3.23. The third kappa shape index (κ3) is 3.32. The molecule has 1 N–H and O–H groups in total. The molecule has 0 aliphatic heterocycles. The van der Waals surface area contributed by atoms with Crippen LogP contribution in [0.25, 0.3) is 44.2 Å². The quantitative estimate of drug-likeness (QED) is 0.314. The molecule has 1 aromatic heterocycles. The maximum absolute atomic E-state index is 6.20. The van der Waals surface area contributed by atoms with E-state index in [0.29, 0.717) is 0 Å². The highest BCUT2D eigenvalue weighted by Gasteiger charge is 2.14. The Balaban J connectivity index is 1.49. The van der Waals surface area contributed by atoms with E-state index in [1.807, 2.05) is 30.3 Å². The molecule has 152 valence electrons. The van der Waals surface area contributed by atoms with Crippen LogP contribution in [0.2, 0.25) is 0 Å². The van der Waals surface area contributed by atoms with Gasteiger partial charge in [-0.15, -0.1) is 0 Å². The van der Waals surface area contributed by atoms with Crippen molar-refractivity contribution in [3.8, 4) is 22.3 Å². The Morgan fingerprint density at radius 2 is 1.03 bits per heavy atom. The van der Waals surface area contributed by atoms with Crippen molar-refractivity contribution in [3.05, 3.63) is 121 Å². The molecule has 32 heavy (non-hydrogen) atoms. The molecule has 0 aliphatic rings. The number of para-hydroxylation sites is 2. The van der Waals surface area contributed by atoms with Crippen LogP contribution in [0.3, 0.4) is 0 Å².